The molecule has 1 saturated carbocycles. The molecule has 0 bridgehead atoms. The van der Waals surface area contributed by atoms with Crippen LogP contribution in [0, 0.1) is 13.8 Å². The smallest absolute Gasteiger partial charge is 0.154 e. The van der Waals surface area contributed by atoms with E-state index in [0.29, 0.717) is 12.5 Å². The standard InChI is InChI=1S/C14H23N3O/c1-9(7-15-12-5-6-12)14-10(2)16-13(8-18-4)17-11(14)3/h9,12,15H,5-8H2,1-4H3. The van der Waals surface area contributed by atoms with Gasteiger partial charge in [-0.1, -0.05) is 6.92 Å². The average molecular weight is 249 g/mol. The molecule has 0 aliphatic heterocycles. The molecular weight excluding hydrogens is 226 g/mol. The first-order valence-corrected chi connectivity index (χ1v) is 6.68. The van der Waals surface area contributed by atoms with Gasteiger partial charge in [-0.15, -0.1) is 0 Å². The predicted octanol–water partition coefficient (Wildman–Crippen LogP) is 2.10. The van der Waals surface area contributed by atoms with E-state index in [1.54, 1.807) is 7.11 Å². The number of methoxy groups -OCH3 is 1. The molecule has 0 aromatic carbocycles. The van der Waals surface area contributed by atoms with E-state index in [9.17, 15) is 0 Å². The fourth-order valence-electron chi connectivity index (χ4n) is 2.43. The normalized spacial score (nSPS) is 16.9. The summed E-state index contributed by atoms with van der Waals surface area (Å²) in [6.07, 6.45) is 2.65. The third-order valence-corrected chi connectivity index (χ3v) is 3.43. The van der Waals surface area contributed by atoms with Crippen molar-refractivity contribution >= 4 is 0 Å². The first-order chi connectivity index (χ1) is 8.61. The van der Waals surface area contributed by atoms with Crippen molar-refractivity contribution in [2.75, 3.05) is 13.7 Å². The van der Waals surface area contributed by atoms with Gasteiger partial charge in [0.2, 0.25) is 0 Å². The lowest BCUT2D eigenvalue weighted by Gasteiger charge is -2.17. The Bertz CT molecular complexity index is 392. The Morgan fingerprint density at radius 2 is 1.89 bits per heavy atom. The van der Waals surface area contributed by atoms with Crippen LogP contribution in [0.3, 0.4) is 0 Å². The van der Waals surface area contributed by atoms with Gasteiger partial charge in [-0.05, 0) is 38.2 Å². The average Bonchev–Trinajstić information content (AvgIpc) is 3.09. The maximum Gasteiger partial charge on any atom is 0.154 e. The van der Waals surface area contributed by atoms with E-state index < -0.39 is 0 Å². The summed E-state index contributed by atoms with van der Waals surface area (Å²) in [4.78, 5) is 9.05. The third kappa shape index (κ3) is 3.27. The third-order valence-electron chi connectivity index (χ3n) is 3.43. The number of nitrogens with zero attached hydrogens (tertiary/aromatic N) is 2. The molecule has 1 N–H and O–H groups in total. The highest BCUT2D eigenvalue weighted by molar-refractivity contribution is 5.28. The molecule has 1 heterocycles. The van der Waals surface area contributed by atoms with Crippen molar-refractivity contribution in [1.82, 2.24) is 15.3 Å². The highest BCUT2D eigenvalue weighted by Crippen LogP contribution is 2.24. The van der Waals surface area contributed by atoms with Crippen LogP contribution in [0.1, 0.15) is 48.5 Å². The molecule has 1 aliphatic carbocycles. The Balaban J connectivity index is 2.09. The van der Waals surface area contributed by atoms with E-state index in [0.717, 1.165) is 29.8 Å². The van der Waals surface area contributed by atoms with E-state index in [1.807, 2.05) is 0 Å². The molecule has 1 atom stereocenters. The fourth-order valence-corrected chi connectivity index (χ4v) is 2.43. The number of rotatable bonds is 6. The van der Waals surface area contributed by atoms with Gasteiger partial charge in [-0.3, -0.25) is 0 Å². The molecule has 1 unspecified atom stereocenters. The van der Waals surface area contributed by atoms with Crippen LogP contribution in [0.25, 0.3) is 0 Å². The van der Waals surface area contributed by atoms with Crippen LogP contribution >= 0.6 is 0 Å². The van der Waals surface area contributed by atoms with Crippen LogP contribution in [0.5, 0.6) is 0 Å². The van der Waals surface area contributed by atoms with Crippen molar-refractivity contribution in [2.24, 2.45) is 0 Å². The van der Waals surface area contributed by atoms with Gasteiger partial charge in [0.25, 0.3) is 0 Å². The summed E-state index contributed by atoms with van der Waals surface area (Å²) in [5.41, 5.74) is 3.45. The summed E-state index contributed by atoms with van der Waals surface area (Å²) in [6.45, 7) is 7.87. The SMILES string of the molecule is COCc1nc(C)c(C(C)CNC2CC2)c(C)n1. The Labute approximate surface area is 109 Å². The molecule has 0 spiro atoms. The number of ether oxygens (including phenoxy) is 1. The van der Waals surface area contributed by atoms with Crippen molar-refractivity contribution < 1.29 is 4.74 Å². The van der Waals surface area contributed by atoms with Crippen molar-refractivity contribution in [3.63, 3.8) is 0 Å². The predicted molar refractivity (Wildman–Crippen MR) is 71.7 cm³/mol. The van der Waals surface area contributed by atoms with Gasteiger partial charge < -0.3 is 10.1 Å². The summed E-state index contributed by atoms with van der Waals surface area (Å²) in [7, 11) is 1.67. The minimum Gasteiger partial charge on any atom is -0.377 e. The Hall–Kier alpha value is -1.00. The Morgan fingerprint density at radius 3 is 2.39 bits per heavy atom. The lowest BCUT2D eigenvalue weighted by atomic mass is 9.98. The van der Waals surface area contributed by atoms with E-state index in [4.69, 9.17) is 4.74 Å². The minimum atomic E-state index is 0.460. The number of aryl methyl sites for hydroxylation is 2. The first kappa shape index (κ1) is 13.4. The molecule has 1 aromatic heterocycles. The van der Waals surface area contributed by atoms with Crippen molar-refractivity contribution in [1.29, 1.82) is 0 Å². The van der Waals surface area contributed by atoms with Gasteiger partial charge in [-0.25, -0.2) is 9.97 Å². The summed E-state index contributed by atoms with van der Waals surface area (Å²) in [5, 5.41) is 3.57. The molecule has 1 fully saturated rings. The highest BCUT2D eigenvalue weighted by Gasteiger charge is 2.22. The highest BCUT2D eigenvalue weighted by atomic mass is 16.5. The fraction of sp³-hybridized carbons (Fsp3) is 0.714. The van der Waals surface area contributed by atoms with E-state index >= 15 is 0 Å². The molecule has 100 valence electrons. The summed E-state index contributed by atoms with van der Waals surface area (Å²) in [5.74, 6) is 1.24. The van der Waals surface area contributed by atoms with Crippen LogP contribution in [0.15, 0.2) is 0 Å². The molecule has 1 aromatic rings. The summed E-state index contributed by atoms with van der Waals surface area (Å²) in [6, 6.07) is 0.752. The van der Waals surface area contributed by atoms with Gasteiger partial charge >= 0.3 is 0 Å². The van der Waals surface area contributed by atoms with E-state index in [1.165, 1.54) is 18.4 Å². The minimum absolute atomic E-state index is 0.460. The first-order valence-electron chi connectivity index (χ1n) is 6.68. The molecule has 2 rings (SSSR count). The molecule has 0 amide bonds. The van der Waals surface area contributed by atoms with Gasteiger partial charge in [-0.2, -0.15) is 0 Å². The molecule has 0 radical (unpaired) electrons. The largest absolute Gasteiger partial charge is 0.377 e. The second-order valence-electron chi connectivity index (χ2n) is 5.24. The van der Waals surface area contributed by atoms with Crippen LogP contribution in [-0.2, 0) is 11.3 Å². The zero-order valence-corrected chi connectivity index (χ0v) is 11.8. The second-order valence-corrected chi connectivity index (χ2v) is 5.24. The Kier molecular flexibility index (Phi) is 4.30. The molecule has 0 saturated heterocycles. The quantitative estimate of drug-likeness (QED) is 0.838. The van der Waals surface area contributed by atoms with E-state index in [-0.39, 0.29) is 0 Å². The zero-order chi connectivity index (χ0) is 13.1. The van der Waals surface area contributed by atoms with Crippen LogP contribution in [0.2, 0.25) is 0 Å². The molecular formula is C14H23N3O. The van der Waals surface area contributed by atoms with Crippen LogP contribution < -0.4 is 5.32 Å². The van der Waals surface area contributed by atoms with Gasteiger partial charge in [0.15, 0.2) is 5.82 Å². The van der Waals surface area contributed by atoms with Gasteiger partial charge in [0.1, 0.15) is 6.61 Å². The zero-order valence-electron chi connectivity index (χ0n) is 11.8. The lowest BCUT2D eigenvalue weighted by molar-refractivity contribution is 0.177. The monoisotopic (exact) mass is 249 g/mol. The molecule has 4 nitrogen and oxygen atoms in total. The number of aromatic nitrogens is 2. The van der Waals surface area contributed by atoms with Crippen molar-refractivity contribution in [2.45, 2.75) is 52.2 Å². The molecule has 1 aliphatic rings. The lowest BCUT2D eigenvalue weighted by Crippen LogP contribution is -2.23. The van der Waals surface area contributed by atoms with Gasteiger partial charge in [0.05, 0.1) is 0 Å². The molecule has 4 heteroatoms. The van der Waals surface area contributed by atoms with Crippen LogP contribution in [0.4, 0.5) is 0 Å². The molecule has 18 heavy (non-hydrogen) atoms. The number of nitrogens with one attached hydrogen (secondary N) is 1. The Morgan fingerprint density at radius 1 is 1.28 bits per heavy atom. The van der Waals surface area contributed by atoms with E-state index in [2.05, 4.69) is 36.1 Å². The van der Waals surface area contributed by atoms with Crippen LogP contribution in [-0.4, -0.2) is 29.7 Å². The van der Waals surface area contributed by atoms with Gasteiger partial charge in [0, 0.05) is 31.1 Å². The van der Waals surface area contributed by atoms with Crippen molar-refractivity contribution in [3.05, 3.63) is 22.8 Å². The summed E-state index contributed by atoms with van der Waals surface area (Å²) < 4.78 is 5.09. The van der Waals surface area contributed by atoms with Crippen molar-refractivity contribution in [3.8, 4) is 0 Å². The second kappa shape index (κ2) is 5.76. The topological polar surface area (TPSA) is 47.0 Å². The maximum atomic E-state index is 5.09. The number of hydrogen-bond donors (Lipinski definition) is 1. The number of hydrogen-bond acceptors (Lipinski definition) is 4. The summed E-state index contributed by atoms with van der Waals surface area (Å²) >= 11 is 0. The maximum absolute atomic E-state index is 5.09.